The zero-order valence-corrected chi connectivity index (χ0v) is 22.3. The highest BCUT2D eigenvalue weighted by Crippen LogP contribution is 2.25. The van der Waals surface area contributed by atoms with Gasteiger partial charge in [-0.05, 0) is 43.9 Å². The number of benzene rings is 2. The van der Waals surface area contributed by atoms with Crippen LogP contribution in [0.2, 0.25) is 0 Å². The lowest BCUT2D eigenvalue weighted by Gasteiger charge is -2.27. The lowest BCUT2D eigenvalue weighted by atomic mass is 10.1. The first-order chi connectivity index (χ1) is 18.8. The minimum Gasteiger partial charge on any atom is -0.376 e. The third-order valence-corrected chi connectivity index (χ3v) is 8.66. The largest absolute Gasteiger partial charge is 0.376 e. The molecule has 2 fully saturated rings. The predicted octanol–water partition coefficient (Wildman–Crippen LogP) is 4.14. The third kappa shape index (κ3) is 6.37. The standard InChI is InChI=1S/C28H31F2N3O5S/c29-25-11-3-1-7-20(25)19-39(35,36)28-31-15-21(33(28)18-23-9-6-14-38-23)16-32(17-22-8-5-13-37-22)27(34)24-10-2-4-12-26(24)30/h1-4,7,10-12,15,22-23H,5-6,8-9,13-14,16-19H2. The lowest BCUT2D eigenvalue weighted by molar-refractivity contribution is 0.0493. The molecule has 2 saturated heterocycles. The van der Waals surface area contributed by atoms with Gasteiger partial charge < -0.3 is 18.9 Å². The smallest absolute Gasteiger partial charge is 0.257 e. The zero-order valence-electron chi connectivity index (χ0n) is 21.5. The molecule has 0 spiro atoms. The van der Waals surface area contributed by atoms with Gasteiger partial charge in [-0.2, -0.15) is 0 Å². The first-order valence-electron chi connectivity index (χ1n) is 13.1. The SMILES string of the molecule is O=C(c1ccccc1F)N(Cc1cnc(S(=O)(=O)Cc2ccccc2F)n1CC1CCCO1)CC1CCCO1. The Bertz CT molecular complexity index is 1420. The van der Waals surface area contributed by atoms with Gasteiger partial charge in [0.05, 0.1) is 48.5 Å². The van der Waals surface area contributed by atoms with Gasteiger partial charge in [0.2, 0.25) is 15.0 Å². The number of hydrogen-bond donors (Lipinski definition) is 0. The van der Waals surface area contributed by atoms with E-state index in [1.807, 2.05) is 0 Å². The Balaban J connectivity index is 1.49. The number of hydrogen-bond acceptors (Lipinski definition) is 6. The second-order valence-electron chi connectivity index (χ2n) is 9.93. The number of imidazole rings is 1. The predicted molar refractivity (Wildman–Crippen MR) is 139 cm³/mol. The molecule has 11 heteroatoms. The van der Waals surface area contributed by atoms with E-state index in [4.69, 9.17) is 9.47 Å². The number of aromatic nitrogens is 2. The van der Waals surface area contributed by atoms with E-state index < -0.39 is 33.1 Å². The number of amides is 1. The first kappa shape index (κ1) is 27.4. The van der Waals surface area contributed by atoms with Crippen molar-refractivity contribution in [2.75, 3.05) is 19.8 Å². The van der Waals surface area contributed by atoms with E-state index in [2.05, 4.69) is 4.98 Å². The van der Waals surface area contributed by atoms with Crippen molar-refractivity contribution in [2.24, 2.45) is 0 Å². The molecule has 3 heterocycles. The fourth-order valence-corrected chi connectivity index (χ4v) is 6.61. The second kappa shape index (κ2) is 11.9. The molecule has 2 aromatic carbocycles. The molecule has 0 bridgehead atoms. The number of carbonyl (C=O) groups is 1. The quantitative estimate of drug-likeness (QED) is 0.371. The Morgan fingerprint density at radius 1 is 0.974 bits per heavy atom. The molecule has 1 amide bonds. The Labute approximate surface area is 226 Å². The molecular formula is C28H31F2N3O5S. The van der Waals surface area contributed by atoms with Crippen LogP contribution >= 0.6 is 0 Å². The lowest BCUT2D eigenvalue weighted by Crippen LogP contribution is -2.38. The molecule has 5 rings (SSSR count). The molecule has 3 aromatic rings. The summed E-state index contributed by atoms with van der Waals surface area (Å²) in [6.45, 7) is 1.57. The van der Waals surface area contributed by atoms with Crippen LogP contribution in [-0.4, -0.2) is 60.7 Å². The molecule has 0 aliphatic carbocycles. The number of rotatable bonds is 10. The summed E-state index contributed by atoms with van der Waals surface area (Å²) in [5.41, 5.74) is 0.425. The first-order valence-corrected chi connectivity index (χ1v) is 14.7. The van der Waals surface area contributed by atoms with Crippen molar-refractivity contribution in [1.29, 1.82) is 0 Å². The highest BCUT2D eigenvalue weighted by Gasteiger charge is 2.31. The minimum absolute atomic E-state index is 0.0119. The number of ether oxygens (including phenoxy) is 2. The van der Waals surface area contributed by atoms with Gasteiger partial charge in [0.15, 0.2) is 0 Å². The number of sulfone groups is 1. The van der Waals surface area contributed by atoms with Gasteiger partial charge in [0, 0.05) is 25.3 Å². The van der Waals surface area contributed by atoms with Crippen molar-refractivity contribution in [2.45, 2.75) is 61.9 Å². The molecule has 1 aromatic heterocycles. The highest BCUT2D eigenvalue weighted by molar-refractivity contribution is 7.90. The molecule has 2 unspecified atom stereocenters. The molecule has 2 atom stereocenters. The van der Waals surface area contributed by atoms with Crippen LogP contribution < -0.4 is 0 Å². The molecule has 0 saturated carbocycles. The van der Waals surface area contributed by atoms with Crippen LogP contribution in [0.15, 0.2) is 59.9 Å². The topological polar surface area (TPSA) is 90.7 Å². The normalized spacial score (nSPS) is 19.4. The maximum absolute atomic E-state index is 14.6. The third-order valence-electron chi connectivity index (χ3n) is 7.09. The number of carbonyl (C=O) groups excluding carboxylic acids is 1. The summed E-state index contributed by atoms with van der Waals surface area (Å²) in [5.74, 6) is -2.34. The summed E-state index contributed by atoms with van der Waals surface area (Å²) in [6, 6.07) is 11.5. The van der Waals surface area contributed by atoms with E-state index in [9.17, 15) is 22.0 Å². The van der Waals surface area contributed by atoms with Crippen molar-refractivity contribution in [3.63, 3.8) is 0 Å². The fraction of sp³-hybridized carbons (Fsp3) is 0.429. The summed E-state index contributed by atoms with van der Waals surface area (Å²) in [5, 5.41) is -0.216. The van der Waals surface area contributed by atoms with Crippen molar-refractivity contribution in [3.05, 3.63) is 83.2 Å². The Kier molecular flexibility index (Phi) is 8.39. The molecule has 8 nitrogen and oxygen atoms in total. The van der Waals surface area contributed by atoms with Crippen molar-refractivity contribution in [3.8, 4) is 0 Å². The van der Waals surface area contributed by atoms with Crippen LogP contribution in [0, 0.1) is 11.6 Å². The maximum Gasteiger partial charge on any atom is 0.257 e. The van der Waals surface area contributed by atoms with Crippen LogP contribution in [0.5, 0.6) is 0 Å². The van der Waals surface area contributed by atoms with Gasteiger partial charge in [-0.1, -0.05) is 30.3 Å². The van der Waals surface area contributed by atoms with Gasteiger partial charge >= 0.3 is 0 Å². The summed E-state index contributed by atoms with van der Waals surface area (Å²) in [6.07, 6.45) is 4.20. The minimum atomic E-state index is -4.06. The molecular weight excluding hydrogens is 528 g/mol. The van der Waals surface area contributed by atoms with E-state index in [0.717, 1.165) is 25.7 Å². The van der Waals surface area contributed by atoms with Crippen LogP contribution in [0.1, 0.15) is 47.3 Å². The van der Waals surface area contributed by atoms with E-state index in [0.29, 0.717) is 18.9 Å². The monoisotopic (exact) mass is 559 g/mol. The maximum atomic E-state index is 14.6. The van der Waals surface area contributed by atoms with E-state index in [1.165, 1.54) is 47.5 Å². The average Bonchev–Trinajstić information content (AvgIpc) is 3.69. The van der Waals surface area contributed by atoms with Gasteiger partial charge in [-0.3, -0.25) is 4.79 Å². The molecule has 39 heavy (non-hydrogen) atoms. The fourth-order valence-electron chi connectivity index (χ4n) is 5.09. The number of nitrogens with zero attached hydrogens (tertiary/aromatic N) is 3. The molecule has 0 N–H and O–H groups in total. The molecule has 2 aliphatic heterocycles. The van der Waals surface area contributed by atoms with Crippen LogP contribution in [0.25, 0.3) is 0 Å². The zero-order chi connectivity index (χ0) is 27.4. The summed E-state index contributed by atoms with van der Waals surface area (Å²) in [4.78, 5) is 19.2. The molecule has 0 radical (unpaired) electrons. The Hall–Kier alpha value is -3.15. The average molecular weight is 560 g/mol. The molecule has 208 valence electrons. The summed E-state index contributed by atoms with van der Waals surface area (Å²) < 4.78 is 68.9. The highest BCUT2D eigenvalue weighted by atomic mass is 32.2. The van der Waals surface area contributed by atoms with Crippen molar-refractivity contribution < 1.29 is 31.5 Å². The van der Waals surface area contributed by atoms with Crippen LogP contribution in [0.3, 0.4) is 0 Å². The molecule has 2 aliphatic rings. The Morgan fingerprint density at radius 2 is 1.64 bits per heavy atom. The van der Waals surface area contributed by atoms with Gasteiger partial charge in [-0.15, -0.1) is 0 Å². The van der Waals surface area contributed by atoms with Crippen LogP contribution in [-0.2, 0) is 38.2 Å². The van der Waals surface area contributed by atoms with Gasteiger partial charge in [0.25, 0.3) is 5.91 Å². The van der Waals surface area contributed by atoms with E-state index >= 15 is 0 Å². The summed E-state index contributed by atoms with van der Waals surface area (Å²) in [7, 11) is -4.06. The van der Waals surface area contributed by atoms with Crippen molar-refractivity contribution >= 4 is 15.7 Å². The van der Waals surface area contributed by atoms with Crippen molar-refractivity contribution in [1.82, 2.24) is 14.5 Å². The van der Waals surface area contributed by atoms with E-state index in [1.54, 1.807) is 16.7 Å². The number of halogens is 2. The van der Waals surface area contributed by atoms with Crippen LogP contribution in [0.4, 0.5) is 8.78 Å². The van der Waals surface area contributed by atoms with Gasteiger partial charge in [-0.25, -0.2) is 22.2 Å². The van der Waals surface area contributed by atoms with Gasteiger partial charge in [0.1, 0.15) is 11.6 Å². The Morgan fingerprint density at radius 3 is 2.31 bits per heavy atom. The van der Waals surface area contributed by atoms with E-state index in [-0.39, 0.29) is 48.1 Å². The second-order valence-corrected chi connectivity index (χ2v) is 11.8. The summed E-state index contributed by atoms with van der Waals surface area (Å²) >= 11 is 0.